The smallest absolute Gasteiger partial charge is 0.339 e. The molecule has 1 heterocycles. The van der Waals surface area contributed by atoms with Crippen LogP contribution in [0.15, 0.2) is 0 Å². The Morgan fingerprint density at radius 3 is 2.37 bits per heavy atom. The highest BCUT2D eigenvalue weighted by Crippen LogP contribution is 2.63. The van der Waals surface area contributed by atoms with Gasteiger partial charge >= 0.3 is 6.18 Å². The maximum absolute atomic E-state index is 13.5. The van der Waals surface area contributed by atoms with Crippen LogP contribution in [0.25, 0.3) is 0 Å². The predicted octanol–water partition coefficient (Wildman–Crippen LogP) is 2.93. The summed E-state index contributed by atoms with van der Waals surface area (Å²) in [5.41, 5.74) is -2.22. The van der Waals surface area contributed by atoms with Crippen LogP contribution in [0.5, 0.6) is 0 Å². The Balaban J connectivity index is 1.91. The standard InChI is InChI=1S/C13H17F4NO/c14-10-3-4-18(7-10)11(19)12(13(15,16)17)6-8-1-2-9(12)5-8/h8-10H,1-7H2/t8?,9?,10-,12+/m1/s1. The molecule has 0 radical (unpaired) electrons. The van der Waals surface area contributed by atoms with Crippen molar-refractivity contribution in [1.29, 1.82) is 0 Å². The number of halogens is 4. The van der Waals surface area contributed by atoms with E-state index in [0.717, 1.165) is 11.3 Å². The molecule has 1 aliphatic heterocycles. The maximum atomic E-state index is 13.5. The van der Waals surface area contributed by atoms with Crippen molar-refractivity contribution in [2.75, 3.05) is 13.1 Å². The van der Waals surface area contributed by atoms with Crippen LogP contribution in [-0.2, 0) is 4.79 Å². The molecule has 2 saturated carbocycles. The van der Waals surface area contributed by atoms with E-state index in [4.69, 9.17) is 0 Å². The van der Waals surface area contributed by atoms with E-state index >= 15 is 0 Å². The molecule has 0 aromatic rings. The number of nitrogens with zero attached hydrogens (tertiary/aromatic N) is 1. The minimum Gasteiger partial charge on any atom is -0.339 e. The van der Waals surface area contributed by atoms with Gasteiger partial charge in [0.1, 0.15) is 11.6 Å². The lowest BCUT2D eigenvalue weighted by Crippen LogP contribution is -2.54. The molecule has 3 aliphatic rings. The molecule has 1 amide bonds. The third-order valence-corrected chi connectivity index (χ3v) is 5.15. The molecule has 2 nitrogen and oxygen atoms in total. The first kappa shape index (κ1) is 13.2. The van der Waals surface area contributed by atoms with Gasteiger partial charge in [0.05, 0.1) is 6.54 Å². The van der Waals surface area contributed by atoms with Gasteiger partial charge in [-0.3, -0.25) is 4.79 Å². The van der Waals surface area contributed by atoms with Crippen LogP contribution in [-0.4, -0.2) is 36.2 Å². The van der Waals surface area contributed by atoms with E-state index in [0.29, 0.717) is 12.8 Å². The van der Waals surface area contributed by atoms with E-state index < -0.39 is 29.6 Å². The molecule has 3 rings (SSSR count). The third kappa shape index (κ3) is 1.78. The van der Waals surface area contributed by atoms with Crippen molar-refractivity contribution >= 4 is 5.91 Å². The van der Waals surface area contributed by atoms with Gasteiger partial charge in [0.25, 0.3) is 0 Å². The second-order valence-electron chi connectivity index (χ2n) is 6.19. The number of carbonyl (C=O) groups excluding carboxylic acids is 1. The van der Waals surface area contributed by atoms with E-state index in [1.807, 2.05) is 0 Å². The summed E-state index contributed by atoms with van der Waals surface area (Å²) >= 11 is 0. The molecular weight excluding hydrogens is 262 g/mol. The summed E-state index contributed by atoms with van der Waals surface area (Å²) in [4.78, 5) is 13.5. The molecule has 4 atom stereocenters. The summed E-state index contributed by atoms with van der Waals surface area (Å²) in [6.45, 7) is -0.0523. The number of rotatable bonds is 1. The lowest BCUT2D eigenvalue weighted by Gasteiger charge is -2.40. The van der Waals surface area contributed by atoms with Crippen LogP contribution in [0.4, 0.5) is 17.6 Å². The Morgan fingerprint density at radius 2 is 1.95 bits per heavy atom. The van der Waals surface area contributed by atoms with Crippen LogP contribution in [0.2, 0.25) is 0 Å². The van der Waals surface area contributed by atoms with Gasteiger partial charge in [0.2, 0.25) is 5.91 Å². The summed E-state index contributed by atoms with van der Waals surface area (Å²) in [5, 5.41) is 0. The van der Waals surface area contributed by atoms with E-state index in [2.05, 4.69) is 0 Å². The van der Waals surface area contributed by atoms with Crippen molar-refractivity contribution in [2.24, 2.45) is 17.3 Å². The maximum Gasteiger partial charge on any atom is 0.403 e. The van der Waals surface area contributed by atoms with Crippen molar-refractivity contribution in [2.45, 2.75) is 44.5 Å². The number of fused-ring (bicyclic) bond motifs is 2. The van der Waals surface area contributed by atoms with Crippen LogP contribution >= 0.6 is 0 Å². The average molecular weight is 279 g/mol. The monoisotopic (exact) mass is 279 g/mol. The first-order valence-corrected chi connectivity index (χ1v) is 6.85. The highest BCUT2D eigenvalue weighted by atomic mass is 19.4. The fraction of sp³-hybridized carbons (Fsp3) is 0.923. The fourth-order valence-corrected chi connectivity index (χ4v) is 4.24. The van der Waals surface area contributed by atoms with Gasteiger partial charge in [-0.15, -0.1) is 0 Å². The van der Waals surface area contributed by atoms with Gasteiger partial charge in [-0.2, -0.15) is 13.2 Å². The van der Waals surface area contributed by atoms with Gasteiger partial charge in [-0.05, 0) is 37.5 Å². The zero-order valence-corrected chi connectivity index (χ0v) is 10.5. The van der Waals surface area contributed by atoms with Gasteiger partial charge in [0.15, 0.2) is 0 Å². The first-order valence-electron chi connectivity index (χ1n) is 6.85. The van der Waals surface area contributed by atoms with Crippen LogP contribution in [0.1, 0.15) is 32.1 Å². The van der Waals surface area contributed by atoms with Gasteiger partial charge in [-0.25, -0.2) is 4.39 Å². The Labute approximate surface area is 109 Å². The molecule has 2 aliphatic carbocycles. The molecule has 1 saturated heterocycles. The zero-order valence-electron chi connectivity index (χ0n) is 10.5. The summed E-state index contributed by atoms with van der Waals surface area (Å²) in [5.74, 6) is -1.45. The van der Waals surface area contributed by atoms with Crippen molar-refractivity contribution in [3.8, 4) is 0 Å². The number of hydrogen-bond donors (Lipinski definition) is 0. The summed E-state index contributed by atoms with van der Waals surface area (Å²) in [7, 11) is 0. The van der Waals surface area contributed by atoms with E-state index in [-0.39, 0.29) is 31.8 Å². The zero-order chi connectivity index (χ0) is 13.8. The SMILES string of the molecule is O=C(N1CC[C@@H](F)C1)[C@]1(C(F)(F)F)CC2CCC1C2. The Morgan fingerprint density at radius 1 is 1.21 bits per heavy atom. The number of alkyl halides is 4. The van der Waals surface area contributed by atoms with E-state index in [1.165, 1.54) is 0 Å². The van der Waals surface area contributed by atoms with E-state index in [1.54, 1.807) is 0 Å². The fourth-order valence-electron chi connectivity index (χ4n) is 4.24. The summed E-state index contributed by atoms with van der Waals surface area (Å²) < 4.78 is 53.8. The topological polar surface area (TPSA) is 20.3 Å². The minimum absolute atomic E-state index is 0.0133. The highest BCUT2D eigenvalue weighted by molar-refractivity contribution is 5.85. The van der Waals surface area contributed by atoms with E-state index in [9.17, 15) is 22.4 Å². The molecule has 3 fully saturated rings. The van der Waals surface area contributed by atoms with Crippen molar-refractivity contribution in [1.82, 2.24) is 4.90 Å². The molecule has 0 aromatic carbocycles. The normalized spacial score (nSPS) is 42.1. The molecule has 2 bridgehead atoms. The summed E-state index contributed by atoms with van der Waals surface area (Å²) in [6, 6.07) is 0. The predicted molar refractivity (Wildman–Crippen MR) is 60.0 cm³/mol. The number of likely N-dealkylation sites (tertiary alicyclic amines) is 1. The van der Waals surface area contributed by atoms with Crippen LogP contribution in [0.3, 0.4) is 0 Å². The molecular formula is C13H17F4NO. The molecule has 2 unspecified atom stereocenters. The molecule has 6 heteroatoms. The number of carbonyl (C=O) groups is 1. The highest BCUT2D eigenvalue weighted by Gasteiger charge is 2.70. The molecule has 0 spiro atoms. The quantitative estimate of drug-likeness (QED) is 0.676. The van der Waals surface area contributed by atoms with Crippen molar-refractivity contribution < 1.29 is 22.4 Å². The Hall–Kier alpha value is -0.810. The third-order valence-electron chi connectivity index (χ3n) is 5.15. The van der Waals surface area contributed by atoms with Gasteiger partial charge < -0.3 is 4.90 Å². The molecule has 0 aromatic heterocycles. The average Bonchev–Trinajstić information content (AvgIpc) is 3.00. The minimum atomic E-state index is -4.52. The van der Waals surface area contributed by atoms with Crippen molar-refractivity contribution in [3.05, 3.63) is 0 Å². The van der Waals surface area contributed by atoms with Gasteiger partial charge in [-0.1, -0.05) is 6.42 Å². The number of amides is 1. The summed E-state index contributed by atoms with van der Waals surface area (Å²) in [6.07, 6.45) is -3.85. The lowest BCUT2D eigenvalue weighted by molar-refractivity contribution is -0.240. The number of hydrogen-bond acceptors (Lipinski definition) is 1. The largest absolute Gasteiger partial charge is 0.403 e. The second kappa shape index (κ2) is 4.09. The molecule has 108 valence electrons. The lowest BCUT2D eigenvalue weighted by atomic mass is 9.71. The Bertz CT molecular complexity index is 397. The first-order chi connectivity index (χ1) is 8.84. The van der Waals surface area contributed by atoms with Gasteiger partial charge in [0, 0.05) is 6.54 Å². The van der Waals surface area contributed by atoms with Crippen LogP contribution < -0.4 is 0 Å². The van der Waals surface area contributed by atoms with Crippen molar-refractivity contribution in [3.63, 3.8) is 0 Å². The second-order valence-corrected chi connectivity index (χ2v) is 6.19. The molecule has 0 N–H and O–H groups in total. The Kier molecular flexibility index (Phi) is 2.84. The van der Waals surface area contributed by atoms with Crippen LogP contribution in [0, 0.1) is 17.3 Å². The molecule has 19 heavy (non-hydrogen) atoms.